The molecule has 4 aliphatic carbocycles. The van der Waals surface area contributed by atoms with E-state index in [1.54, 1.807) is 0 Å². The molecule has 0 saturated heterocycles. The second-order valence-electron chi connectivity index (χ2n) is 16.0. The fraction of sp³-hybridized carbons (Fsp3) is 0.935. The van der Waals surface area contributed by atoms with E-state index in [0.717, 1.165) is 32.1 Å². The molecule has 11 atom stereocenters. The van der Waals surface area contributed by atoms with Crippen LogP contribution in [0.4, 0.5) is 0 Å². The summed E-state index contributed by atoms with van der Waals surface area (Å²) in [6, 6.07) is 0. The first kappa shape index (κ1) is 38.2. The first-order valence-corrected chi connectivity index (χ1v) is 20.4. The zero-order valence-electron chi connectivity index (χ0n) is 28.1. The van der Waals surface area contributed by atoms with Gasteiger partial charge in [-0.3, -0.25) is 12.5 Å². The second kappa shape index (κ2) is 12.9. The lowest BCUT2D eigenvalue weighted by Crippen LogP contribution is -2.62. The van der Waals surface area contributed by atoms with Crippen LogP contribution in [0.15, 0.2) is 11.6 Å². The summed E-state index contributed by atoms with van der Waals surface area (Å²) in [5, 5.41) is 0. The van der Waals surface area contributed by atoms with Crippen LogP contribution in [0, 0.1) is 57.7 Å². The highest BCUT2D eigenvalue weighted by Gasteiger charge is 2.64. The minimum atomic E-state index is -5.35. The second-order valence-corrected chi connectivity index (χ2v) is 19.0. The predicted octanol–water partition coefficient (Wildman–Crippen LogP) is 5.06. The molecule has 0 radical (unpaired) electrons. The minimum Gasteiger partial charge on any atom is -0.726 e. The van der Waals surface area contributed by atoms with Crippen molar-refractivity contribution >= 4 is 31.2 Å². The van der Waals surface area contributed by atoms with Crippen molar-refractivity contribution < 1.29 is 51.5 Å². The van der Waals surface area contributed by atoms with E-state index < -0.39 is 60.8 Å². The number of rotatable bonds is 11. The van der Waals surface area contributed by atoms with Gasteiger partial charge in [0.2, 0.25) is 31.2 Å². The summed E-state index contributed by atoms with van der Waals surface area (Å²) in [5.41, 5.74) is 0.474. The molecule has 4 aliphatic rings. The lowest BCUT2D eigenvalue weighted by atomic mass is 9.43. The van der Waals surface area contributed by atoms with Crippen LogP contribution in [-0.2, 0) is 43.7 Å². The Kier molecular flexibility index (Phi) is 10.7. The zero-order valence-corrected chi connectivity index (χ0v) is 30.6. The average Bonchev–Trinajstić information content (AvgIpc) is 3.22. The molecule has 46 heavy (non-hydrogen) atoms. The van der Waals surface area contributed by atoms with Crippen LogP contribution in [0.2, 0.25) is 0 Å². The van der Waals surface area contributed by atoms with Gasteiger partial charge >= 0.3 is 0 Å². The van der Waals surface area contributed by atoms with Gasteiger partial charge < -0.3 is 13.7 Å². The monoisotopic (exact) mass is 711 g/mol. The van der Waals surface area contributed by atoms with E-state index in [9.17, 15) is 38.9 Å². The summed E-state index contributed by atoms with van der Waals surface area (Å²) in [5.74, 6) is 0.531. The highest BCUT2D eigenvalue weighted by molar-refractivity contribution is 7.81. The van der Waals surface area contributed by atoms with Gasteiger partial charge in [-0.25, -0.2) is 25.3 Å². The van der Waals surface area contributed by atoms with Gasteiger partial charge in [0.1, 0.15) is 12.2 Å². The normalized spacial score (nSPS) is 39.9. The maximum absolute atomic E-state index is 12.0. The molecular formula is C31H51O12S3-3. The zero-order chi connectivity index (χ0) is 34.8. The fourth-order valence-corrected chi connectivity index (χ4v) is 11.8. The molecule has 0 spiro atoms. The number of allylic oxidation sites excluding steroid dienone is 2. The molecule has 0 unspecified atom stereocenters. The Bertz CT molecular complexity index is 1490. The van der Waals surface area contributed by atoms with Crippen molar-refractivity contribution in [1.29, 1.82) is 0 Å². The van der Waals surface area contributed by atoms with E-state index >= 15 is 0 Å². The number of fused-ring (bicyclic) bond motifs is 5. The summed E-state index contributed by atoms with van der Waals surface area (Å²) in [4.78, 5) is 0. The Hall–Kier alpha value is -0.650. The third-order valence-electron chi connectivity index (χ3n) is 13.4. The highest BCUT2D eigenvalue weighted by atomic mass is 32.3. The van der Waals surface area contributed by atoms with Gasteiger partial charge in [0.05, 0.1) is 6.10 Å². The summed E-state index contributed by atoms with van der Waals surface area (Å²) in [6.07, 6.45) is 2.08. The molecule has 0 N–H and O–H groups in total. The quantitative estimate of drug-likeness (QED) is 0.157. The largest absolute Gasteiger partial charge is 0.726 e. The number of hydrogen-bond acceptors (Lipinski definition) is 12. The molecule has 15 heteroatoms. The Morgan fingerprint density at radius 1 is 0.783 bits per heavy atom. The molecule has 4 saturated carbocycles. The molecule has 4 fully saturated rings. The molecule has 0 aliphatic heterocycles. The van der Waals surface area contributed by atoms with Gasteiger partial charge in [0, 0.05) is 0 Å². The molecule has 4 rings (SSSR count). The van der Waals surface area contributed by atoms with Crippen LogP contribution < -0.4 is 0 Å². The lowest BCUT2D eigenvalue weighted by Gasteiger charge is -2.63. The number of hydrogen-bond donors (Lipinski definition) is 0. The molecule has 12 nitrogen and oxygen atoms in total. The Morgan fingerprint density at radius 2 is 1.30 bits per heavy atom. The van der Waals surface area contributed by atoms with E-state index in [1.165, 1.54) is 5.57 Å². The molecule has 0 aromatic rings. The molecule has 0 heterocycles. The van der Waals surface area contributed by atoms with E-state index in [1.807, 2.05) is 6.92 Å². The van der Waals surface area contributed by atoms with Crippen molar-refractivity contribution in [3.63, 3.8) is 0 Å². The first-order chi connectivity index (χ1) is 20.8. The van der Waals surface area contributed by atoms with E-state index in [2.05, 4.69) is 58.7 Å². The maximum Gasteiger partial charge on any atom is 0.217 e. The summed E-state index contributed by atoms with van der Waals surface area (Å²) < 4.78 is 120. The van der Waals surface area contributed by atoms with Crippen molar-refractivity contribution in [2.75, 3.05) is 0 Å². The SMILES string of the molecule is C/C(=C\C[C@@H](C)[C@H]1CC[C@H]2[C@@H]3C[C@H](OS(=O)(=O)[O-])[C@H]4C[C@H](OS(=O)(=O)[O-])[C@@H](OS(=O)(=O)[O-])C[C@]4(C)[C@H]3CC[C@]12C)C(C)(C)C(C)C. The van der Waals surface area contributed by atoms with Crippen molar-refractivity contribution in [2.24, 2.45) is 57.7 Å². The third kappa shape index (κ3) is 7.88. The van der Waals surface area contributed by atoms with Crippen molar-refractivity contribution in [3.05, 3.63) is 11.6 Å². The Labute approximate surface area is 276 Å². The molecule has 0 amide bonds. The first-order valence-electron chi connectivity index (χ1n) is 16.4. The van der Waals surface area contributed by atoms with E-state index in [0.29, 0.717) is 17.8 Å². The summed E-state index contributed by atoms with van der Waals surface area (Å²) >= 11 is 0. The molecule has 268 valence electrons. The van der Waals surface area contributed by atoms with E-state index in [4.69, 9.17) is 8.37 Å². The molecule has 0 aromatic carbocycles. The van der Waals surface area contributed by atoms with Gasteiger partial charge in [-0.2, -0.15) is 0 Å². The lowest BCUT2D eigenvalue weighted by molar-refractivity contribution is -0.184. The van der Waals surface area contributed by atoms with Crippen LogP contribution in [0.5, 0.6) is 0 Å². The van der Waals surface area contributed by atoms with Crippen molar-refractivity contribution in [3.8, 4) is 0 Å². The van der Waals surface area contributed by atoms with Crippen LogP contribution in [0.1, 0.15) is 107 Å². The van der Waals surface area contributed by atoms with Gasteiger partial charge in [0.25, 0.3) is 0 Å². The van der Waals surface area contributed by atoms with Gasteiger partial charge in [-0.05, 0) is 116 Å². The Morgan fingerprint density at radius 3 is 1.85 bits per heavy atom. The predicted molar refractivity (Wildman–Crippen MR) is 166 cm³/mol. The molecule has 0 aromatic heterocycles. The minimum absolute atomic E-state index is 0.0643. The van der Waals surface area contributed by atoms with Gasteiger partial charge in [-0.15, -0.1) is 0 Å². The van der Waals surface area contributed by atoms with Crippen LogP contribution >= 0.6 is 0 Å². The van der Waals surface area contributed by atoms with Crippen LogP contribution in [0.3, 0.4) is 0 Å². The highest BCUT2D eigenvalue weighted by Crippen LogP contribution is 2.69. The smallest absolute Gasteiger partial charge is 0.217 e. The molecule has 0 bridgehead atoms. The standard InChI is InChI=1S/C31H54O12S3/c1-18(2)29(5,6)20(4)10-9-19(3)22-11-12-23-21-15-26(41-44(32,33)34)25-16-27(42-45(35,36)37)28(43-46(38,39)40)17-31(25,8)24(21)13-14-30(22,23)7/h10,18-19,21-28H,9,11-17H2,1-8H3,(H,32,33,34)(H,35,36,37)(H,38,39,40)/p-3/b20-10+/t19-,21+,22-,23+,24+,25-,26+,27+,28+,30-,31-/m1/s1. The maximum atomic E-state index is 12.0. The fourth-order valence-electron chi connectivity index (χ4n) is 10.2. The van der Waals surface area contributed by atoms with Gasteiger partial charge in [-0.1, -0.05) is 60.1 Å². The van der Waals surface area contributed by atoms with Gasteiger partial charge in [0.15, 0.2) is 0 Å². The van der Waals surface area contributed by atoms with E-state index in [-0.39, 0.29) is 47.8 Å². The van der Waals surface area contributed by atoms with Crippen molar-refractivity contribution in [2.45, 2.75) is 125 Å². The average molecular weight is 712 g/mol. The molecular weight excluding hydrogens is 661 g/mol. The third-order valence-corrected chi connectivity index (χ3v) is 14.8. The van der Waals surface area contributed by atoms with Crippen molar-refractivity contribution in [1.82, 2.24) is 0 Å². The Balaban J connectivity index is 1.67. The summed E-state index contributed by atoms with van der Waals surface area (Å²) in [7, 11) is -15.9. The topological polar surface area (TPSA) is 199 Å². The van der Waals surface area contributed by atoms with Crippen LogP contribution in [-0.4, -0.2) is 57.2 Å². The summed E-state index contributed by atoms with van der Waals surface area (Å²) in [6.45, 7) is 17.6. The van der Waals surface area contributed by atoms with Crippen LogP contribution in [0.25, 0.3) is 0 Å².